The molecule has 0 aromatic heterocycles. The molecule has 100 valence electrons. The van der Waals surface area contributed by atoms with Crippen LogP contribution in [0.4, 0.5) is 0 Å². The van der Waals surface area contributed by atoms with Crippen molar-refractivity contribution < 1.29 is 23.9 Å². The molecule has 2 fully saturated rings. The number of ether oxygens (including phenoxy) is 2. The number of ketones is 1. The van der Waals surface area contributed by atoms with E-state index in [9.17, 15) is 14.4 Å². The molecule has 1 aliphatic heterocycles. The van der Waals surface area contributed by atoms with Gasteiger partial charge in [-0.05, 0) is 26.2 Å². The van der Waals surface area contributed by atoms with E-state index >= 15 is 0 Å². The third-order valence-electron chi connectivity index (χ3n) is 3.63. The van der Waals surface area contributed by atoms with Crippen LogP contribution in [0.3, 0.4) is 0 Å². The maximum absolute atomic E-state index is 11.8. The van der Waals surface area contributed by atoms with E-state index in [1.807, 2.05) is 0 Å². The number of hydrogen-bond donors (Lipinski definition) is 0. The summed E-state index contributed by atoms with van der Waals surface area (Å²) in [6.07, 6.45) is 2.92. The lowest BCUT2D eigenvalue weighted by Gasteiger charge is -2.21. The van der Waals surface area contributed by atoms with E-state index in [2.05, 4.69) is 0 Å². The second-order valence-electron chi connectivity index (χ2n) is 4.86. The van der Waals surface area contributed by atoms with Crippen LogP contribution >= 0.6 is 0 Å². The Balaban J connectivity index is 2.16. The number of Topliss-reactive ketones (excluding diaryl/α,β-unsaturated/α-hetero) is 1. The molecular weight excluding hydrogens is 236 g/mol. The number of carbonyl (C=O) groups excluding carboxylic acids is 3. The van der Waals surface area contributed by atoms with Crippen molar-refractivity contribution in [3.05, 3.63) is 0 Å². The van der Waals surface area contributed by atoms with Gasteiger partial charge in [-0.1, -0.05) is 0 Å². The molecule has 0 N–H and O–H groups in total. The summed E-state index contributed by atoms with van der Waals surface area (Å²) in [7, 11) is 0. The maximum Gasteiger partial charge on any atom is 0.321 e. The Kier molecular flexibility index (Phi) is 3.99. The quantitative estimate of drug-likeness (QED) is 0.547. The van der Waals surface area contributed by atoms with Gasteiger partial charge in [0.1, 0.15) is 11.9 Å². The maximum atomic E-state index is 11.8. The molecule has 0 amide bonds. The zero-order valence-corrected chi connectivity index (χ0v) is 10.5. The smallest absolute Gasteiger partial charge is 0.321 e. The summed E-state index contributed by atoms with van der Waals surface area (Å²) in [5, 5.41) is 0. The summed E-state index contributed by atoms with van der Waals surface area (Å²) >= 11 is 0. The molecule has 0 radical (unpaired) electrons. The van der Waals surface area contributed by atoms with Crippen molar-refractivity contribution in [3.8, 4) is 0 Å². The van der Waals surface area contributed by atoms with Crippen LogP contribution in [0.25, 0.3) is 0 Å². The highest BCUT2D eigenvalue weighted by atomic mass is 16.6. The molecule has 0 unspecified atom stereocenters. The minimum atomic E-state index is -0.906. The zero-order chi connectivity index (χ0) is 13.1. The molecule has 1 aliphatic carbocycles. The minimum Gasteiger partial charge on any atom is -0.465 e. The topological polar surface area (TPSA) is 69.7 Å². The Morgan fingerprint density at radius 2 is 2.17 bits per heavy atom. The lowest BCUT2D eigenvalue weighted by Crippen LogP contribution is -2.32. The van der Waals surface area contributed by atoms with Gasteiger partial charge in [0.05, 0.1) is 6.61 Å². The normalized spacial score (nSPS) is 32.2. The van der Waals surface area contributed by atoms with Gasteiger partial charge in [-0.2, -0.15) is 0 Å². The molecule has 1 saturated carbocycles. The van der Waals surface area contributed by atoms with Gasteiger partial charge < -0.3 is 9.47 Å². The summed E-state index contributed by atoms with van der Waals surface area (Å²) in [6.45, 7) is 1.92. The van der Waals surface area contributed by atoms with Crippen molar-refractivity contribution in [2.24, 2.45) is 11.8 Å². The Morgan fingerprint density at radius 3 is 2.89 bits per heavy atom. The minimum absolute atomic E-state index is 0.109. The highest BCUT2D eigenvalue weighted by molar-refractivity contribution is 5.97. The largest absolute Gasteiger partial charge is 0.465 e. The van der Waals surface area contributed by atoms with Gasteiger partial charge >= 0.3 is 11.9 Å². The van der Waals surface area contributed by atoms with Crippen molar-refractivity contribution in [3.63, 3.8) is 0 Å². The first-order chi connectivity index (χ1) is 8.63. The van der Waals surface area contributed by atoms with Crippen LogP contribution in [-0.2, 0) is 23.9 Å². The Hall–Kier alpha value is -1.39. The van der Waals surface area contributed by atoms with Crippen LogP contribution in [-0.4, -0.2) is 30.4 Å². The third-order valence-corrected chi connectivity index (χ3v) is 3.63. The van der Waals surface area contributed by atoms with Gasteiger partial charge in [0.15, 0.2) is 5.92 Å². The predicted molar refractivity (Wildman–Crippen MR) is 61.6 cm³/mol. The Bertz CT molecular complexity index is 362. The van der Waals surface area contributed by atoms with E-state index in [4.69, 9.17) is 9.47 Å². The highest BCUT2D eigenvalue weighted by Gasteiger charge is 2.50. The fourth-order valence-electron chi connectivity index (χ4n) is 2.76. The van der Waals surface area contributed by atoms with Gasteiger partial charge in [-0.25, -0.2) is 0 Å². The third kappa shape index (κ3) is 2.54. The Morgan fingerprint density at radius 1 is 1.39 bits per heavy atom. The van der Waals surface area contributed by atoms with Crippen LogP contribution < -0.4 is 0 Å². The van der Waals surface area contributed by atoms with E-state index in [1.54, 1.807) is 6.92 Å². The summed E-state index contributed by atoms with van der Waals surface area (Å²) < 4.78 is 10.1. The number of rotatable bonds is 2. The standard InChI is InChI=1S/C13H18O5/c1-2-17-12(15)11-9-7-8(14)5-3-4-6-10(9)18-13(11)16/h9-11H,2-7H2,1H3/t9-,10-,11-/m0/s1. The summed E-state index contributed by atoms with van der Waals surface area (Å²) in [4.78, 5) is 35.2. The van der Waals surface area contributed by atoms with Crippen LogP contribution in [0.1, 0.15) is 39.0 Å². The fraction of sp³-hybridized carbons (Fsp3) is 0.769. The lowest BCUT2D eigenvalue weighted by molar-refractivity contribution is -0.156. The zero-order valence-electron chi connectivity index (χ0n) is 10.5. The number of hydrogen-bond acceptors (Lipinski definition) is 5. The predicted octanol–water partition coefficient (Wildman–Crippen LogP) is 1.24. The number of esters is 2. The van der Waals surface area contributed by atoms with Crippen LogP contribution in [0.15, 0.2) is 0 Å². The van der Waals surface area contributed by atoms with Gasteiger partial charge in [0.25, 0.3) is 0 Å². The van der Waals surface area contributed by atoms with Crippen molar-refractivity contribution in [2.75, 3.05) is 6.61 Å². The Labute approximate surface area is 106 Å². The van der Waals surface area contributed by atoms with Crippen LogP contribution in [0, 0.1) is 11.8 Å². The molecule has 2 aliphatic rings. The second-order valence-corrected chi connectivity index (χ2v) is 4.86. The molecule has 1 heterocycles. The molecule has 1 saturated heterocycles. The highest BCUT2D eigenvalue weighted by Crippen LogP contribution is 2.36. The van der Waals surface area contributed by atoms with Crippen molar-refractivity contribution in [1.82, 2.24) is 0 Å². The monoisotopic (exact) mass is 254 g/mol. The van der Waals surface area contributed by atoms with E-state index in [0.717, 1.165) is 19.3 Å². The molecule has 5 nitrogen and oxygen atoms in total. The van der Waals surface area contributed by atoms with Crippen LogP contribution in [0.5, 0.6) is 0 Å². The lowest BCUT2D eigenvalue weighted by atomic mass is 9.81. The van der Waals surface area contributed by atoms with Gasteiger partial charge in [0, 0.05) is 18.8 Å². The van der Waals surface area contributed by atoms with Crippen LogP contribution in [0.2, 0.25) is 0 Å². The molecule has 5 heteroatoms. The summed E-state index contributed by atoms with van der Waals surface area (Å²) in [6, 6.07) is 0. The average molecular weight is 254 g/mol. The molecule has 0 spiro atoms. The SMILES string of the molecule is CCOC(=O)[C@H]1C(=O)O[C@H]2CCCCC(=O)C[C@H]12. The first-order valence-electron chi connectivity index (χ1n) is 6.52. The van der Waals surface area contributed by atoms with E-state index in [0.29, 0.717) is 6.42 Å². The average Bonchev–Trinajstić information content (AvgIpc) is 2.58. The van der Waals surface area contributed by atoms with Crippen molar-refractivity contribution in [2.45, 2.75) is 45.1 Å². The van der Waals surface area contributed by atoms with E-state index in [-0.39, 0.29) is 30.8 Å². The summed E-state index contributed by atoms with van der Waals surface area (Å²) in [5.74, 6) is -2.21. The van der Waals surface area contributed by atoms with Gasteiger partial charge in [-0.3, -0.25) is 14.4 Å². The molecule has 0 aromatic carbocycles. The molecule has 3 atom stereocenters. The fourth-order valence-corrected chi connectivity index (χ4v) is 2.76. The molecular formula is C13H18O5. The molecule has 18 heavy (non-hydrogen) atoms. The first-order valence-corrected chi connectivity index (χ1v) is 6.52. The van der Waals surface area contributed by atoms with E-state index in [1.165, 1.54) is 0 Å². The number of carbonyl (C=O) groups is 3. The molecule has 0 bridgehead atoms. The first kappa shape index (κ1) is 13.1. The second kappa shape index (κ2) is 5.50. The van der Waals surface area contributed by atoms with E-state index < -0.39 is 17.9 Å². The molecule has 0 aromatic rings. The van der Waals surface area contributed by atoms with Crippen molar-refractivity contribution in [1.29, 1.82) is 0 Å². The van der Waals surface area contributed by atoms with Gasteiger partial charge in [-0.15, -0.1) is 0 Å². The summed E-state index contributed by atoms with van der Waals surface area (Å²) in [5.41, 5.74) is 0. The number of fused-ring (bicyclic) bond motifs is 1. The molecule has 2 rings (SSSR count). The van der Waals surface area contributed by atoms with Crippen molar-refractivity contribution >= 4 is 17.7 Å². The van der Waals surface area contributed by atoms with Gasteiger partial charge in [0.2, 0.25) is 0 Å².